The molecule has 20 heavy (non-hydrogen) atoms. The average Bonchev–Trinajstić information content (AvgIpc) is 2.81. The number of hydrogen-bond acceptors (Lipinski definition) is 5. The first-order valence-electron chi connectivity index (χ1n) is 6.12. The Morgan fingerprint density at radius 3 is 2.70 bits per heavy atom. The van der Waals surface area contributed by atoms with Gasteiger partial charge in [0.25, 0.3) is 5.82 Å². The third-order valence-corrected chi connectivity index (χ3v) is 2.84. The summed E-state index contributed by atoms with van der Waals surface area (Å²) in [6.07, 6.45) is -3.40. The Kier molecular flexibility index (Phi) is 4.07. The zero-order chi connectivity index (χ0) is 14.8. The van der Waals surface area contributed by atoms with Gasteiger partial charge in [0.15, 0.2) is 5.65 Å². The lowest BCUT2D eigenvalue weighted by Gasteiger charge is -2.16. The van der Waals surface area contributed by atoms with Crippen LogP contribution in [0.25, 0.3) is 5.65 Å². The minimum absolute atomic E-state index is 0.00577. The Morgan fingerprint density at radius 1 is 1.35 bits per heavy atom. The van der Waals surface area contributed by atoms with Crippen molar-refractivity contribution in [3.8, 4) is 0 Å². The monoisotopic (exact) mass is 289 g/mol. The van der Waals surface area contributed by atoms with Crippen LogP contribution < -0.4 is 5.32 Å². The van der Waals surface area contributed by atoms with Crippen LogP contribution in [0.15, 0.2) is 12.1 Å². The topological polar surface area (TPSA) is 75.3 Å². The van der Waals surface area contributed by atoms with Gasteiger partial charge in [-0.1, -0.05) is 6.92 Å². The third-order valence-electron chi connectivity index (χ3n) is 2.84. The summed E-state index contributed by atoms with van der Waals surface area (Å²) in [5.41, 5.74) is 0.0260. The molecule has 2 rings (SSSR count). The molecule has 2 aromatic rings. The van der Waals surface area contributed by atoms with E-state index in [0.717, 1.165) is 0 Å². The van der Waals surface area contributed by atoms with Crippen molar-refractivity contribution < 1.29 is 18.3 Å². The van der Waals surface area contributed by atoms with E-state index in [-0.39, 0.29) is 24.1 Å². The molecule has 9 heteroatoms. The maximum Gasteiger partial charge on any atom is 0.453 e. The summed E-state index contributed by atoms with van der Waals surface area (Å²) >= 11 is 0. The highest BCUT2D eigenvalue weighted by atomic mass is 19.4. The molecule has 0 aliphatic rings. The fraction of sp³-hybridized carbons (Fsp3) is 0.545. The van der Waals surface area contributed by atoms with Crippen LogP contribution in [-0.4, -0.2) is 37.6 Å². The predicted octanol–water partition coefficient (Wildman–Crippen LogP) is 1.72. The summed E-state index contributed by atoms with van der Waals surface area (Å²) in [5, 5.41) is 22.3. The molecule has 1 unspecified atom stereocenters. The van der Waals surface area contributed by atoms with Crippen LogP contribution in [0.2, 0.25) is 0 Å². The molecular weight excluding hydrogens is 275 g/mol. The number of alkyl halides is 3. The summed E-state index contributed by atoms with van der Waals surface area (Å²) in [5.74, 6) is -0.880. The molecule has 2 aromatic heterocycles. The van der Waals surface area contributed by atoms with E-state index in [2.05, 4.69) is 20.6 Å². The van der Waals surface area contributed by atoms with E-state index in [1.54, 1.807) is 0 Å². The number of halogens is 3. The van der Waals surface area contributed by atoms with Gasteiger partial charge in [-0.15, -0.1) is 15.3 Å². The molecular formula is C11H14F3N5O. The lowest BCUT2D eigenvalue weighted by molar-refractivity contribution is -0.146. The number of aliphatic hydroxyl groups excluding tert-OH is 1. The van der Waals surface area contributed by atoms with Crippen LogP contribution in [0, 0.1) is 0 Å². The quantitative estimate of drug-likeness (QED) is 0.876. The smallest absolute Gasteiger partial charge is 0.396 e. The Balaban J connectivity index is 2.32. The maximum absolute atomic E-state index is 12.7. The van der Waals surface area contributed by atoms with Crippen LogP contribution in [0.1, 0.15) is 25.6 Å². The van der Waals surface area contributed by atoms with Crippen LogP contribution >= 0.6 is 0 Å². The Hall–Kier alpha value is -1.90. The summed E-state index contributed by atoms with van der Waals surface area (Å²) < 4.78 is 38.8. The zero-order valence-corrected chi connectivity index (χ0v) is 10.7. The summed E-state index contributed by atoms with van der Waals surface area (Å²) in [6.45, 7) is 1.90. The van der Waals surface area contributed by atoms with E-state index in [4.69, 9.17) is 5.11 Å². The van der Waals surface area contributed by atoms with Gasteiger partial charge in [0.2, 0.25) is 0 Å². The number of nitrogens with zero attached hydrogens (tertiary/aromatic N) is 4. The highest BCUT2D eigenvalue weighted by molar-refractivity contribution is 5.44. The number of aromatic nitrogens is 4. The van der Waals surface area contributed by atoms with Crippen molar-refractivity contribution in [1.82, 2.24) is 19.8 Å². The van der Waals surface area contributed by atoms with E-state index in [1.165, 1.54) is 12.1 Å². The molecule has 0 radical (unpaired) electrons. The molecule has 2 N–H and O–H groups in total. The van der Waals surface area contributed by atoms with Crippen LogP contribution in [0.3, 0.4) is 0 Å². The van der Waals surface area contributed by atoms with Crippen molar-refractivity contribution >= 4 is 11.5 Å². The van der Waals surface area contributed by atoms with Crippen molar-refractivity contribution in [2.45, 2.75) is 32.0 Å². The second kappa shape index (κ2) is 5.61. The first-order valence-corrected chi connectivity index (χ1v) is 6.12. The first-order chi connectivity index (χ1) is 9.45. The normalized spacial score (nSPS) is 13.7. The molecule has 0 saturated carbocycles. The number of aliphatic hydroxyl groups is 1. The Bertz CT molecular complexity index is 583. The van der Waals surface area contributed by atoms with Gasteiger partial charge in [0, 0.05) is 12.6 Å². The van der Waals surface area contributed by atoms with Gasteiger partial charge in [-0.2, -0.15) is 17.7 Å². The molecule has 0 aromatic carbocycles. The van der Waals surface area contributed by atoms with Gasteiger partial charge in [0.05, 0.1) is 0 Å². The Morgan fingerprint density at radius 2 is 2.10 bits per heavy atom. The number of fused-ring (bicyclic) bond motifs is 1. The number of hydrogen-bond donors (Lipinski definition) is 2. The van der Waals surface area contributed by atoms with E-state index in [0.29, 0.717) is 17.4 Å². The standard InChI is InChI=1S/C11H14F3N5O/c1-2-7(5-6-20)15-8-3-4-9-16-17-10(11(12,13)14)19(9)18-8/h3-4,7,20H,2,5-6H2,1H3,(H,15,18). The van der Waals surface area contributed by atoms with Crippen LogP contribution in [0.4, 0.5) is 19.0 Å². The third kappa shape index (κ3) is 2.98. The molecule has 0 amide bonds. The molecule has 110 valence electrons. The van der Waals surface area contributed by atoms with Crippen molar-refractivity contribution in [3.05, 3.63) is 18.0 Å². The Labute approximate surface area is 112 Å². The van der Waals surface area contributed by atoms with Gasteiger partial charge >= 0.3 is 6.18 Å². The van der Waals surface area contributed by atoms with Crippen molar-refractivity contribution in [2.75, 3.05) is 11.9 Å². The number of nitrogens with one attached hydrogen (secondary N) is 1. The fourth-order valence-corrected chi connectivity index (χ4v) is 1.79. The minimum atomic E-state index is -4.61. The van der Waals surface area contributed by atoms with Crippen LogP contribution in [0.5, 0.6) is 0 Å². The molecule has 0 saturated heterocycles. The molecule has 0 bridgehead atoms. The van der Waals surface area contributed by atoms with E-state index in [9.17, 15) is 13.2 Å². The SMILES string of the molecule is CCC(CCO)Nc1ccc2nnc(C(F)(F)F)n2n1. The van der Waals surface area contributed by atoms with Gasteiger partial charge in [0.1, 0.15) is 5.82 Å². The summed E-state index contributed by atoms with van der Waals surface area (Å²) in [6, 6.07) is 2.88. The van der Waals surface area contributed by atoms with E-state index < -0.39 is 12.0 Å². The highest BCUT2D eigenvalue weighted by Gasteiger charge is 2.37. The molecule has 0 aliphatic carbocycles. The molecule has 6 nitrogen and oxygen atoms in total. The second-order valence-corrected chi connectivity index (χ2v) is 4.27. The van der Waals surface area contributed by atoms with Crippen molar-refractivity contribution in [1.29, 1.82) is 0 Å². The lowest BCUT2D eigenvalue weighted by Crippen LogP contribution is -2.21. The minimum Gasteiger partial charge on any atom is -0.396 e. The van der Waals surface area contributed by atoms with E-state index >= 15 is 0 Å². The van der Waals surface area contributed by atoms with Gasteiger partial charge < -0.3 is 10.4 Å². The fourth-order valence-electron chi connectivity index (χ4n) is 1.79. The molecule has 0 aliphatic heterocycles. The summed E-state index contributed by atoms with van der Waals surface area (Å²) in [4.78, 5) is 0. The van der Waals surface area contributed by atoms with Crippen LogP contribution in [-0.2, 0) is 6.18 Å². The highest BCUT2D eigenvalue weighted by Crippen LogP contribution is 2.27. The average molecular weight is 289 g/mol. The molecule has 0 fully saturated rings. The number of anilines is 1. The first kappa shape index (κ1) is 14.5. The number of rotatable bonds is 5. The second-order valence-electron chi connectivity index (χ2n) is 4.27. The molecule has 2 heterocycles. The predicted molar refractivity (Wildman–Crippen MR) is 65.2 cm³/mol. The molecule has 0 spiro atoms. The van der Waals surface area contributed by atoms with Gasteiger partial charge in [-0.3, -0.25) is 0 Å². The lowest BCUT2D eigenvalue weighted by atomic mass is 10.1. The van der Waals surface area contributed by atoms with Gasteiger partial charge in [-0.25, -0.2) is 0 Å². The largest absolute Gasteiger partial charge is 0.453 e. The van der Waals surface area contributed by atoms with Crippen molar-refractivity contribution in [3.63, 3.8) is 0 Å². The van der Waals surface area contributed by atoms with E-state index in [1.807, 2.05) is 6.92 Å². The maximum atomic E-state index is 12.7. The zero-order valence-electron chi connectivity index (χ0n) is 10.7. The van der Waals surface area contributed by atoms with Gasteiger partial charge in [-0.05, 0) is 25.0 Å². The summed E-state index contributed by atoms with van der Waals surface area (Å²) in [7, 11) is 0. The van der Waals surface area contributed by atoms with Crippen molar-refractivity contribution in [2.24, 2.45) is 0 Å². The molecule has 1 atom stereocenters.